The third kappa shape index (κ3) is 6.40. The van der Waals surface area contributed by atoms with Crippen LogP contribution in [0.3, 0.4) is 0 Å². The molecule has 0 aliphatic heterocycles. The van der Waals surface area contributed by atoms with Gasteiger partial charge in [0.25, 0.3) is 5.91 Å². The molecule has 0 saturated heterocycles. The van der Waals surface area contributed by atoms with Crippen LogP contribution < -0.4 is 20.1 Å². The predicted molar refractivity (Wildman–Crippen MR) is 141 cm³/mol. The van der Waals surface area contributed by atoms with Crippen LogP contribution in [0.15, 0.2) is 83.1 Å². The van der Waals surface area contributed by atoms with Crippen LogP contribution in [0.25, 0.3) is 11.3 Å². The molecule has 0 spiro atoms. The number of carbonyl (C=O) groups excluding carboxylic acids is 2. The molecule has 1 aromatic heterocycles. The van der Waals surface area contributed by atoms with Gasteiger partial charge in [-0.25, -0.2) is 4.98 Å². The fourth-order valence-corrected chi connectivity index (χ4v) is 4.63. The summed E-state index contributed by atoms with van der Waals surface area (Å²) >= 11 is 2.80. The highest BCUT2D eigenvalue weighted by atomic mass is 32.2. The first-order valence-corrected chi connectivity index (χ1v) is 12.5. The molecule has 0 saturated carbocycles. The first-order chi connectivity index (χ1) is 17.1. The Balaban J connectivity index is 1.28. The molecule has 1 heterocycles. The summed E-state index contributed by atoms with van der Waals surface area (Å²) in [7, 11) is 3.07. The van der Waals surface area contributed by atoms with E-state index in [4.69, 9.17) is 9.47 Å². The second-order valence-corrected chi connectivity index (χ2v) is 9.20. The Kier molecular flexibility index (Phi) is 8.02. The van der Waals surface area contributed by atoms with E-state index in [1.165, 1.54) is 30.2 Å². The van der Waals surface area contributed by atoms with Gasteiger partial charge >= 0.3 is 0 Å². The summed E-state index contributed by atoms with van der Waals surface area (Å²) in [6.45, 7) is 0. The van der Waals surface area contributed by atoms with Gasteiger partial charge in [0, 0.05) is 27.1 Å². The topological polar surface area (TPSA) is 89.5 Å². The number of methoxy groups -OCH3 is 2. The Morgan fingerprint density at radius 1 is 0.914 bits per heavy atom. The number of nitrogens with one attached hydrogen (secondary N) is 2. The van der Waals surface area contributed by atoms with Crippen molar-refractivity contribution in [2.45, 2.75) is 4.90 Å². The zero-order valence-corrected chi connectivity index (χ0v) is 20.7. The van der Waals surface area contributed by atoms with Crippen molar-refractivity contribution in [3.8, 4) is 22.8 Å². The van der Waals surface area contributed by atoms with Crippen molar-refractivity contribution in [1.82, 2.24) is 4.98 Å². The summed E-state index contributed by atoms with van der Waals surface area (Å²) < 4.78 is 10.5. The average Bonchev–Trinajstić information content (AvgIpc) is 3.36. The van der Waals surface area contributed by atoms with E-state index >= 15 is 0 Å². The molecule has 3 aromatic carbocycles. The van der Waals surface area contributed by atoms with Crippen molar-refractivity contribution in [2.24, 2.45) is 0 Å². The summed E-state index contributed by atoms with van der Waals surface area (Å²) in [5.41, 5.74) is 2.95. The summed E-state index contributed by atoms with van der Waals surface area (Å²) in [6.07, 6.45) is 0. The van der Waals surface area contributed by atoms with E-state index in [1.54, 1.807) is 37.4 Å². The molecule has 7 nitrogen and oxygen atoms in total. The maximum atomic E-state index is 12.6. The average molecular weight is 506 g/mol. The van der Waals surface area contributed by atoms with E-state index in [1.807, 2.05) is 47.8 Å². The number of rotatable bonds is 9. The minimum Gasteiger partial charge on any atom is -0.493 e. The van der Waals surface area contributed by atoms with Gasteiger partial charge in [-0.1, -0.05) is 30.3 Å². The zero-order valence-electron chi connectivity index (χ0n) is 19.1. The van der Waals surface area contributed by atoms with Crippen molar-refractivity contribution in [3.63, 3.8) is 0 Å². The number of benzene rings is 3. The van der Waals surface area contributed by atoms with Crippen molar-refractivity contribution in [1.29, 1.82) is 0 Å². The number of nitrogens with zero attached hydrogens (tertiary/aromatic N) is 1. The first-order valence-electron chi connectivity index (χ1n) is 10.6. The van der Waals surface area contributed by atoms with E-state index in [-0.39, 0.29) is 17.6 Å². The second-order valence-electron chi connectivity index (χ2n) is 7.29. The highest BCUT2D eigenvalue weighted by Crippen LogP contribution is 2.28. The SMILES string of the molecule is COc1ccc(C(=O)Nc2ccc(SCC(=O)Nc3nc(-c4ccccc4)cs3)cc2)cc1OC. The maximum Gasteiger partial charge on any atom is 0.255 e. The monoisotopic (exact) mass is 505 g/mol. The molecule has 4 rings (SSSR count). The Hall–Kier alpha value is -3.82. The minimum absolute atomic E-state index is 0.130. The summed E-state index contributed by atoms with van der Waals surface area (Å²) in [5.74, 6) is 0.899. The van der Waals surface area contributed by atoms with Crippen LogP contribution in [-0.2, 0) is 4.79 Å². The molecule has 0 atom stereocenters. The van der Waals surface area contributed by atoms with E-state index in [0.717, 1.165) is 16.2 Å². The molecule has 0 bridgehead atoms. The fourth-order valence-electron chi connectivity index (χ4n) is 3.19. The molecule has 0 unspecified atom stereocenters. The summed E-state index contributed by atoms with van der Waals surface area (Å²) in [5, 5.41) is 8.20. The number of anilines is 2. The fraction of sp³-hybridized carbons (Fsp3) is 0.115. The van der Waals surface area contributed by atoms with Gasteiger partial charge in [0.2, 0.25) is 5.91 Å². The van der Waals surface area contributed by atoms with Gasteiger partial charge in [-0.3, -0.25) is 9.59 Å². The molecule has 178 valence electrons. The number of thiazole rings is 1. The van der Waals surface area contributed by atoms with Gasteiger partial charge in [0.05, 0.1) is 25.7 Å². The third-order valence-corrected chi connectivity index (χ3v) is 6.72. The van der Waals surface area contributed by atoms with Crippen molar-refractivity contribution < 1.29 is 19.1 Å². The molecule has 35 heavy (non-hydrogen) atoms. The van der Waals surface area contributed by atoms with Crippen molar-refractivity contribution >= 4 is 45.7 Å². The standard InChI is InChI=1S/C26H23N3O4S2/c1-32-22-13-8-18(14-23(22)33-2)25(31)27-19-9-11-20(12-10-19)34-16-24(30)29-26-28-21(15-35-26)17-6-4-3-5-7-17/h3-15H,16H2,1-2H3,(H,27,31)(H,28,29,30). The van der Waals surface area contributed by atoms with Gasteiger partial charge in [0.1, 0.15) is 0 Å². The number of thioether (sulfide) groups is 1. The Bertz CT molecular complexity index is 1310. The van der Waals surface area contributed by atoms with E-state index in [2.05, 4.69) is 15.6 Å². The van der Waals surface area contributed by atoms with Crippen molar-refractivity contribution in [3.05, 3.63) is 83.7 Å². The number of ether oxygens (including phenoxy) is 2. The Morgan fingerprint density at radius 3 is 2.37 bits per heavy atom. The van der Waals surface area contributed by atoms with Gasteiger partial charge < -0.3 is 20.1 Å². The van der Waals surface area contributed by atoms with Gasteiger partial charge in [-0.15, -0.1) is 23.1 Å². The lowest BCUT2D eigenvalue weighted by Gasteiger charge is -2.10. The quantitative estimate of drug-likeness (QED) is 0.279. The van der Waals surface area contributed by atoms with Crippen LogP contribution in [-0.4, -0.2) is 36.8 Å². The highest BCUT2D eigenvalue weighted by Gasteiger charge is 2.12. The third-order valence-electron chi connectivity index (χ3n) is 4.95. The lowest BCUT2D eigenvalue weighted by Crippen LogP contribution is -2.13. The van der Waals surface area contributed by atoms with Crippen LogP contribution in [0, 0.1) is 0 Å². The molecule has 9 heteroatoms. The van der Waals surface area contributed by atoms with E-state index in [9.17, 15) is 9.59 Å². The highest BCUT2D eigenvalue weighted by molar-refractivity contribution is 8.00. The molecule has 0 aliphatic carbocycles. The van der Waals surface area contributed by atoms with Crippen LogP contribution in [0.1, 0.15) is 10.4 Å². The van der Waals surface area contributed by atoms with Crippen molar-refractivity contribution in [2.75, 3.05) is 30.6 Å². The predicted octanol–water partition coefficient (Wildman–Crippen LogP) is 5.81. The van der Waals surface area contributed by atoms with Gasteiger partial charge in [-0.05, 0) is 42.5 Å². The Morgan fingerprint density at radius 2 is 1.66 bits per heavy atom. The lowest BCUT2D eigenvalue weighted by molar-refractivity contribution is -0.113. The molecule has 2 N–H and O–H groups in total. The molecule has 2 amide bonds. The smallest absolute Gasteiger partial charge is 0.255 e. The number of amides is 2. The van der Waals surface area contributed by atoms with Crippen LogP contribution in [0.2, 0.25) is 0 Å². The first kappa shape index (κ1) is 24.3. The largest absolute Gasteiger partial charge is 0.493 e. The van der Waals surface area contributed by atoms with E-state index < -0.39 is 0 Å². The van der Waals surface area contributed by atoms with E-state index in [0.29, 0.717) is 27.9 Å². The maximum absolute atomic E-state index is 12.6. The molecule has 0 fully saturated rings. The normalized spacial score (nSPS) is 10.5. The van der Waals surface area contributed by atoms with Crippen LogP contribution >= 0.6 is 23.1 Å². The number of hydrogen-bond donors (Lipinski definition) is 2. The molecule has 0 aliphatic rings. The number of hydrogen-bond acceptors (Lipinski definition) is 7. The molecule has 4 aromatic rings. The van der Waals surface area contributed by atoms with Crippen LogP contribution in [0.5, 0.6) is 11.5 Å². The molecular formula is C26H23N3O4S2. The Labute approximate surface area is 211 Å². The molecular weight excluding hydrogens is 482 g/mol. The second kappa shape index (κ2) is 11.5. The van der Waals surface area contributed by atoms with Crippen LogP contribution in [0.4, 0.5) is 10.8 Å². The van der Waals surface area contributed by atoms with Gasteiger partial charge in [-0.2, -0.15) is 0 Å². The molecule has 0 radical (unpaired) electrons. The van der Waals surface area contributed by atoms with Gasteiger partial charge in [0.15, 0.2) is 16.6 Å². The number of carbonyl (C=O) groups is 2. The lowest BCUT2D eigenvalue weighted by atomic mass is 10.2. The number of aromatic nitrogens is 1. The minimum atomic E-state index is -0.260. The zero-order chi connectivity index (χ0) is 24.6. The summed E-state index contributed by atoms with van der Waals surface area (Å²) in [4.78, 5) is 30.3. The summed E-state index contributed by atoms with van der Waals surface area (Å²) in [6, 6.07) is 22.1.